The van der Waals surface area contributed by atoms with E-state index >= 15 is 0 Å². The molecular formula is C20H23NO10. The van der Waals surface area contributed by atoms with Crippen molar-refractivity contribution in [2.24, 2.45) is 0 Å². The van der Waals surface area contributed by atoms with Crippen LogP contribution < -0.4 is 5.32 Å². The first kappa shape index (κ1) is 23.8. The highest BCUT2D eigenvalue weighted by molar-refractivity contribution is 5.96. The molecule has 31 heavy (non-hydrogen) atoms. The number of nitrogens with one attached hydrogen (secondary N) is 1. The third-order valence-corrected chi connectivity index (χ3v) is 4.02. The lowest BCUT2D eigenvalue weighted by Gasteiger charge is -2.40. The number of hydrogen-bond acceptors (Lipinski definition) is 11. The van der Waals surface area contributed by atoms with Crippen molar-refractivity contribution >= 4 is 35.5 Å². The molecule has 0 saturated carbocycles. The Balaban J connectivity index is 2.22. The summed E-state index contributed by atoms with van der Waals surface area (Å²) in [5, 5.41) is 2.97. The third-order valence-electron chi connectivity index (χ3n) is 4.02. The van der Waals surface area contributed by atoms with E-state index in [1.165, 1.54) is 45.0 Å². The van der Waals surface area contributed by atoms with Crippen LogP contribution in [0.2, 0.25) is 0 Å². The van der Waals surface area contributed by atoms with Gasteiger partial charge in [0.25, 0.3) is 0 Å². The fourth-order valence-corrected chi connectivity index (χ4v) is 2.92. The highest BCUT2D eigenvalue weighted by Crippen LogP contribution is 2.26. The summed E-state index contributed by atoms with van der Waals surface area (Å²) < 4.78 is 25.9. The van der Waals surface area contributed by atoms with E-state index in [1.807, 2.05) is 0 Å². The van der Waals surface area contributed by atoms with Gasteiger partial charge in [0.05, 0.1) is 12.2 Å². The van der Waals surface area contributed by atoms with E-state index in [-0.39, 0.29) is 12.2 Å². The standard InChI is InChI=1S/C20H23NO10/c1-10(22)28-16-9-27-19(18(30-12(3)24)17(16)29-11(2)23)21-15-7-5-14(6-8-15)20(26)31-13(4)25/h5-8,16-19,21H,9H2,1-4H3/t16-,17+,18-,19-/m1/s1. The quantitative estimate of drug-likeness (QED) is 0.386. The van der Waals surface area contributed by atoms with E-state index in [2.05, 4.69) is 10.1 Å². The van der Waals surface area contributed by atoms with E-state index in [1.54, 1.807) is 0 Å². The Morgan fingerprint density at radius 2 is 1.35 bits per heavy atom. The third kappa shape index (κ3) is 7.07. The molecule has 1 aromatic rings. The minimum atomic E-state index is -1.14. The molecule has 1 saturated heterocycles. The zero-order valence-corrected chi connectivity index (χ0v) is 17.4. The van der Waals surface area contributed by atoms with Gasteiger partial charge in [-0.2, -0.15) is 0 Å². The van der Waals surface area contributed by atoms with Crippen LogP contribution >= 0.6 is 0 Å². The van der Waals surface area contributed by atoms with Crippen LogP contribution in [-0.4, -0.2) is 61.0 Å². The molecule has 168 valence electrons. The fraction of sp³-hybridized carbons (Fsp3) is 0.450. The lowest BCUT2D eigenvalue weighted by atomic mass is 10.0. The van der Waals surface area contributed by atoms with Gasteiger partial charge in [0.2, 0.25) is 0 Å². The van der Waals surface area contributed by atoms with Crippen LogP contribution in [0.1, 0.15) is 38.1 Å². The second-order valence-electron chi connectivity index (χ2n) is 6.65. The summed E-state index contributed by atoms with van der Waals surface area (Å²) in [4.78, 5) is 57.3. The van der Waals surface area contributed by atoms with Crippen LogP contribution in [0.4, 0.5) is 5.69 Å². The molecule has 11 nitrogen and oxygen atoms in total. The molecule has 1 aromatic carbocycles. The molecule has 1 fully saturated rings. The first-order chi connectivity index (χ1) is 14.6. The van der Waals surface area contributed by atoms with E-state index in [4.69, 9.17) is 18.9 Å². The maximum Gasteiger partial charge on any atom is 0.345 e. The number of hydrogen-bond donors (Lipinski definition) is 1. The van der Waals surface area contributed by atoms with Gasteiger partial charge in [0.15, 0.2) is 24.5 Å². The summed E-state index contributed by atoms with van der Waals surface area (Å²) in [5.74, 6) is -3.47. The molecule has 0 amide bonds. The summed E-state index contributed by atoms with van der Waals surface area (Å²) in [6.45, 7) is 4.52. The van der Waals surface area contributed by atoms with Crippen molar-refractivity contribution in [3.05, 3.63) is 29.8 Å². The lowest BCUT2D eigenvalue weighted by molar-refractivity contribution is -0.221. The molecule has 11 heteroatoms. The van der Waals surface area contributed by atoms with Gasteiger partial charge < -0.3 is 29.0 Å². The molecular weight excluding hydrogens is 414 g/mol. The van der Waals surface area contributed by atoms with Crippen LogP contribution in [0, 0.1) is 0 Å². The van der Waals surface area contributed by atoms with Crippen LogP contribution in [0.5, 0.6) is 0 Å². The van der Waals surface area contributed by atoms with Gasteiger partial charge in [0, 0.05) is 33.4 Å². The minimum absolute atomic E-state index is 0.129. The highest BCUT2D eigenvalue weighted by Gasteiger charge is 2.47. The molecule has 1 aliphatic rings. The molecule has 1 N–H and O–H groups in total. The molecule has 2 rings (SSSR count). The van der Waals surface area contributed by atoms with E-state index in [0.29, 0.717) is 5.69 Å². The monoisotopic (exact) mass is 437 g/mol. The largest absolute Gasteiger partial charge is 0.456 e. The van der Waals surface area contributed by atoms with Crippen LogP contribution in [0.25, 0.3) is 0 Å². The molecule has 4 atom stereocenters. The predicted octanol–water partition coefficient (Wildman–Crippen LogP) is 0.953. The Kier molecular flexibility index (Phi) is 8.08. The zero-order valence-electron chi connectivity index (χ0n) is 17.4. The van der Waals surface area contributed by atoms with Gasteiger partial charge in [-0.25, -0.2) is 4.79 Å². The molecule has 0 aromatic heterocycles. The van der Waals surface area contributed by atoms with Crippen molar-refractivity contribution in [2.45, 2.75) is 52.2 Å². The molecule has 0 spiro atoms. The average molecular weight is 437 g/mol. The molecule has 0 bridgehead atoms. The van der Waals surface area contributed by atoms with Crippen molar-refractivity contribution in [1.82, 2.24) is 0 Å². The van der Waals surface area contributed by atoms with Gasteiger partial charge >= 0.3 is 29.8 Å². The number of benzene rings is 1. The van der Waals surface area contributed by atoms with Gasteiger partial charge in [-0.05, 0) is 24.3 Å². The topological polar surface area (TPSA) is 144 Å². The summed E-state index contributed by atoms with van der Waals surface area (Å²) in [7, 11) is 0. The second kappa shape index (κ2) is 10.5. The van der Waals surface area contributed by atoms with Crippen molar-refractivity contribution in [3.63, 3.8) is 0 Å². The molecule has 0 radical (unpaired) electrons. The maximum atomic E-state index is 11.8. The SMILES string of the molecule is CC(=O)OC(=O)c1ccc(N[C@@H]2OC[C@@H](OC(C)=O)[C@H](OC(C)=O)[C@H]2OC(C)=O)cc1. The first-order valence-electron chi connectivity index (χ1n) is 9.29. The Bertz CT molecular complexity index is 850. The molecule has 1 heterocycles. The van der Waals surface area contributed by atoms with Gasteiger partial charge in [-0.3, -0.25) is 19.2 Å². The van der Waals surface area contributed by atoms with Crippen LogP contribution in [-0.2, 0) is 42.9 Å². The average Bonchev–Trinajstić information content (AvgIpc) is 2.65. The van der Waals surface area contributed by atoms with E-state index in [9.17, 15) is 24.0 Å². The summed E-state index contributed by atoms with van der Waals surface area (Å²) >= 11 is 0. The Morgan fingerprint density at radius 1 is 0.806 bits per heavy atom. The molecule has 0 unspecified atom stereocenters. The van der Waals surface area contributed by atoms with Crippen molar-refractivity contribution in [1.29, 1.82) is 0 Å². The Labute approximate surface area is 177 Å². The highest BCUT2D eigenvalue weighted by atomic mass is 16.6. The summed E-state index contributed by atoms with van der Waals surface area (Å²) in [6, 6.07) is 5.87. The summed E-state index contributed by atoms with van der Waals surface area (Å²) in [6.07, 6.45) is -4.19. The van der Waals surface area contributed by atoms with Gasteiger partial charge in [0.1, 0.15) is 0 Å². The summed E-state index contributed by atoms with van der Waals surface area (Å²) in [5.41, 5.74) is 0.614. The molecule has 0 aliphatic carbocycles. The number of carbonyl (C=O) groups is 5. The van der Waals surface area contributed by atoms with Crippen molar-refractivity contribution in [3.8, 4) is 0 Å². The smallest absolute Gasteiger partial charge is 0.345 e. The lowest BCUT2D eigenvalue weighted by Crippen LogP contribution is -2.59. The number of esters is 5. The maximum absolute atomic E-state index is 11.8. The fourth-order valence-electron chi connectivity index (χ4n) is 2.92. The van der Waals surface area contributed by atoms with E-state index < -0.39 is 54.4 Å². The van der Waals surface area contributed by atoms with Crippen LogP contribution in [0.3, 0.4) is 0 Å². The minimum Gasteiger partial charge on any atom is -0.456 e. The number of rotatable bonds is 6. The Morgan fingerprint density at radius 3 is 1.87 bits per heavy atom. The zero-order chi connectivity index (χ0) is 23.1. The van der Waals surface area contributed by atoms with Gasteiger partial charge in [-0.1, -0.05) is 0 Å². The first-order valence-corrected chi connectivity index (χ1v) is 9.29. The van der Waals surface area contributed by atoms with Crippen molar-refractivity contribution in [2.75, 3.05) is 11.9 Å². The van der Waals surface area contributed by atoms with Crippen LogP contribution in [0.15, 0.2) is 24.3 Å². The van der Waals surface area contributed by atoms with Gasteiger partial charge in [-0.15, -0.1) is 0 Å². The molecule has 1 aliphatic heterocycles. The number of ether oxygens (including phenoxy) is 5. The number of carbonyl (C=O) groups excluding carboxylic acids is 5. The normalized spacial score (nSPS) is 22.6. The van der Waals surface area contributed by atoms with E-state index in [0.717, 1.165) is 6.92 Å². The Hall–Kier alpha value is -3.47. The van der Waals surface area contributed by atoms with Crippen molar-refractivity contribution < 1.29 is 47.7 Å². The number of anilines is 1. The predicted molar refractivity (Wildman–Crippen MR) is 103 cm³/mol. The second-order valence-corrected chi connectivity index (χ2v) is 6.65.